The van der Waals surface area contributed by atoms with Crippen LogP contribution >= 0.6 is 11.6 Å². The number of carbonyl (C=O) groups excluding carboxylic acids is 1. The summed E-state index contributed by atoms with van der Waals surface area (Å²) in [4.78, 5) is 12.4. The molecule has 0 saturated heterocycles. The van der Waals surface area contributed by atoms with Crippen LogP contribution in [0.3, 0.4) is 0 Å². The van der Waals surface area contributed by atoms with Crippen LogP contribution in [0.5, 0.6) is 0 Å². The van der Waals surface area contributed by atoms with Gasteiger partial charge in [0.2, 0.25) is 0 Å². The molecular weight excluding hydrogens is 312 g/mol. The minimum absolute atomic E-state index is 0.285. The predicted molar refractivity (Wildman–Crippen MR) is 90.2 cm³/mol. The molecule has 5 nitrogen and oxygen atoms in total. The summed E-state index contributed by atoms with van der Waals surface area (Å²) in [6, 6.07) is 14.8. The molecule has 0 aliphatic carbocycles. The zero-order chi connectivity index (χ0) is 16.4. The molecule has 0 radical (unpaired) electrons. The van der Waals surface area contributed by atoms with Crippen LogP contribution in [0.4, 0.5) is 5.69 Å². The number of nitrogens with zero attached hydrogens (tertiary/aromatic N) is 3. The standard InChI is InChI=1S/C17H15ClN4O/c1-11-6-3-4-9-15(11)22-12(2)16(20-21-22)17(23)19-14-8-5-7-13(18)10-14/h3-10H,1-2H3,(H,19,23). The van der Waals surface area contributed by atoms with E-state index in [0.29, 0.717) is 16.4 Å². The Morgan fingerprint density at radius 3 is 2.65 bits per heavy atom. The fourth-order valence-corrected chi connectivity index (χ4v) is 2.52. The highest BCUT2D eigenvalue weighted by molar-refractivity contribution is 6.30. The lowest BCUT2D eigenvalue weighted by Crippen LogP contribution is -2.14. The maximum absolute atomic E-state index is 12.4. The van der Waals surface area contributed by atoms with Crippen LogP contribution in [0.1, 0.15) is 21.7 Å². The van der Waals surface area contributed by atoms with Crippen LogP contribution in [0.2, 0.25) is 5.02 Å². The summed E-state index contributed by atoms with van der Waals surface area (Å²) in [5.41, 5.74) is 3.54. The number of aryl methyl sites for hydroxylation is 1. The Labute approximate surface area is 138 Å². The minimum Gasteiger partial charge on any atom is -0.320 e. The number of anilines is 1. The third kappa shape index (κ3) is 3.10. The maximum Gasteiger partial charge on any atom is 0.278 e. The molecular formula is C17H15ClN4O. The van der Waals surface area contributed by atoms with Gasteiger partial charge in [-0.05, 0) is 43.7 Å². The molecule has 116 valence electrons. The smallest absolute Gasteiger partial charge is 0.278 e. The molecule has 0 spiro atoms. The van der Waals surface area contributed by atoms with Gasteiger partial charge in [-0.1, -0.05) is 41.1 Å². The lowest BCUT2D eigenvalue weighted by molar-refractivity contribution is 0.102. The Balaban J connectivity index is 1.90. The number of aromatic nitrogens is 3. The number of benzene rings is 2. The Bertz CT molecular complexity index is 873. The van der Waals surface area contributed by atoms with E-state index in [1.54, 1.807) is 28.9 Å². The van der Waals surface area contributed by atoms with Gasteiger partial charge < -0.3 is 5.32 Å². The molecule has 0 aliphatic rings. The number of halogens is 1. The number of para-hydroxylation sites is 1. The van der Waals surface area contributed by atoms with Gasteiger partial charge in [-0.25, -0.2) is 4.68 Å². The quantitative estimate of drug-likeness (QED) is 0.796. The maximum atomic E-state index is 12.4. The molecule has 0 bridgehead atoms. The van der Waals surface area contributed by atoms with Crippen LogP contribution in [-0.2, 0) is 0 Å². The summed E-state index contributed by atoms with van der Waals surface area (Å²) in [7, 11) is 0. The summed E-state index contributed by atoms with van der Waals surface area (Å²) < 4.78 is 1.67. The highest BCUT2D eigenvalue weighted by atomic mass is 35.5. The monoisotopic (exact) mass is 326 g/mol. The third-order valence-corrected chi connectivity index (χ3v) is 3.77. The van der Waals surface area contributed by atoms with Crippen molar-refractivity contribution in [2.24, 2.45) is 0 Å². The van der Waals surface area contributed by atoms with Crippen molar-refractivity contribution in [3.8, 4) is 5.69 Å². The average Bonchev–Trinajstić information content (AvgIpc) is 2.89. The molecule has 0 atom stereocenters. The fraction of sp³-hybridized carbons (Fsp3) is 0.118. The van der Waals surface area contributed by atoms with Gasteiger partial charge in [0.1, 0.15) is 0 Å². The van der Waals surface area contributed by atoms with Gasteiger partial charge >= 0.3 is 0 Å². The second-order valence-corrected chi connectivity index (χ2v) is 5.62. The highest BCUT2D eigenvalue weighted by Gasteiger charge is 2.18. The van der Waals surface area contributed by atoms with Gasteiger partial charge in [0.15, 0.2) is 5.69 Å². The fourth-order valence-electron chi connectivity index (χ4n) is 2.33. The first-order valence-electron chi connectivity index (χ1n) is 7.11. The van der Waals surface area contributed by atoms with Crippen LogP contribution in [0.25, 0.3) is 5.69 Å². The molecule has 1 N–H and O–H groups in total. The van der Waals surface area contributed by atoms with Crippen LogP contribution in [0.15, 0.2) is 48.5 Å². The molecule has 23 heavy (non-hydrogen) atoms. The zero-order valence-electron chi connectivity index (χ0n) is 12.7. The van der Waals surface area contributed by atoms with E-state index in [-0.39, 0.29) is 11.6 Å². The van der Waals surface area contributed by atoms with Crippen LogP contribution < -0.4 is 5.32 Å². The summed E-state index contributed by atoms with van der Waals surface area (Å²) in [5, 5.41) is 11.5. The molecule has 0 saturated carbocycles. The van der Waals surface area contributed by atoms with E-state index >= 15 is 0 Å². The average molecular weight is 327 g/mol. The Kier molecular flexibility index (Phi) is 4.12. The van der Waals surface area contributed by atoms with E-state index in [1.165, 1.54) is 0 Å². The summed E-state index contributed by atoms with van der Waals surface area (Å²) in [5.74, 6) is -0.315. The van der Waals surface area contributed by atoms with Crippen molar-refractivity contribution in [1.82, 2.24) is 15.0 Å². The number of hydrogen-bond acceptors (Lipinski definition) is 3. The van der Waals surface area contributed by atoms with Crippen LogP contribution in [-0.4, -0.2) is 20.9 Å². The molecule has 3 rings (SSSR count). The third-order valence-electron chi connectivity index (χ3n) is 3.54. The van der Waals surface area contributed by atoms with E-state index in [4.69, 9.17) is 11.6 Å². The predicted octanol–water partition coefficient (Wildman–Crippen LogP) is 3.79. The van der Waals surface area contributed by atoms with Crippen LogP contribution in [0, 0.1) is 13.8 Å². The number of nitrogens with one attached hydrogen (secondary N) is 1. The minimum atomic E-state index is -0.315. The number of amides is 1. The lowest BCUT2D eigenvalue weighted by Gasteiger charge is -2.07. The second-order valence-electron chi connectivity index (χ2n) is 5.19. The summed E-state index contributed by atoms with van der Waals surface area (Å²) in [6.45, 7) is 3.81. The molecule has 0 aliphatic heterocycles. The van der Waals surface area contributed by atoms with Gasteiger partial charge in [0.25, 0.3) is 5.91 Å². The zero-order valence-corrected chi connectivity index (χ0v) is 13.5. The normalized spacial score (nSPS) is 10.6. The van der Waals surface area contributed by atoms with Crippen molar-refractivity contribution < 1.29 is 4.79 Å². The van der Waals surface area contributed by atoms with Gasteiger partial charge in [0, 0.05) is 10.7 Å². The molecule has 2 aromatic carbocycles. The van der Waals surface area contributed by atoms with Crippen molar-refractivity contribution >= 4 is 23.2 Å². The first-order chi connectivity index (χ1) is 11.1. The number of hydrogen-bond donors (Lipinski definition) is 1. The van der Waals surface area contributed by atoms with E-state index in [0.717, 1.165) is 11.3 Å². The number of rotatable bonds is 3. The lowest BCUT2D eigenvalue weighted by atomic mass is 10.2. The largest absolute Gasteiger partial charge is 0.320 e. The molecule has 1 heterocycles. The molecule has 0 fully saturated rings. The molecule has 1 aromatic heterocycles. The molecule has 6 heteroatoms. The molecule has 1 amide bonds. The first-order valence-corrected chi connectivity index (χ1v) is 7.49. The van der Waals surface area contributed by atoms with Crippen molar-refractivity contribution in [2.45, 2.75) is 13.8 Å². The van der Waals surface area contributed by atoms with Gasteiger partial charge in [-0.3, -0.25) is 4.79 Å². The summed E-state index contributed by atoms with van der Waals surface area (Å²) in [6.07, 6.45) is 0. The Morgan fingerprint density at radius 2 is 1.91 bits per heavy atom. The number of carbonyl (C=O) groups is 1. The van der Waals surface area contributed by atoms with Gasteiger partial charge in [0.05, 0.1) is 11.4 Å². The second kappa shape index (κ2) is 6.22. The SMILES string of the molecule is Cc1ccccc1-n1nnc(C(=O)Nc2cccc(Cl)c2)c1C. The Morgan fingerprint density at radius 1 is 1.13 bits per heavy atom. The molecule has 3 aromatic rings. The first kappa shape index (κ1) is 15.2. The van der Waals surface area contributed by atoms with Crippen molar-refractivity contribution in [3.63, 3.8) is 0 Å². The van der Waals surface area contributed by atoms with Gasteiger partial charge in [-0.15, -0.1) is 5.10 Å². The summed E-state index contributed by atoms with van der Waals surface area (Å²) >= 11 is 5.92. The molecule has 0 unspecified atom stereocenters. The van der Waals surface area contributed by atoms with Crippen molar-refractivity contribution in [2.75, 3.05) is 5.32 Å². The van der Waals surface area contributed by atoms with Crippen molar-refractivity contribution in [1.29, 1.82) is 0 Å². The van der Waals surface area contributed by atoms with Gasteiger partial charge in [-0.2, -0.15) is 0 Å². The van der Waals surface area contributed by atoms with E-state index < -0.39 is 0 Å². The highest BCUT2D eigenvalue weighted by Crippen LogP contribution is 2.18. The van der Waals surface area contributed by atoms with E-state index in [1.807, 2.05) is 38.1 Å². The van der Waals surface area contributed by atoms with E-state index in [2.05, 4.69) is 15.6 Å². The van der Waals surface area contributed by atoms with E-state index in [9.17, 15) is 4.79 Å². The van der Waals surface area contributed by atoms with Crippen molar-refractivity contribution in [3.05, 3.63) is 70.5 Å². The Hall–Kier alpha value is -2.66. The topological polar surface area (TPSA) is 59.8 Å².